The van der Waals surface area contributed by atoms with Gasteiger partial charge in [-0.15, -0.1) is 10.2 Å². The smallest absolute Gasteiger partial charge is 0.191 e. The third-order valence-electron chi connectivity index (χ3n) is 3.47. The van der Waals surface area contributed by atoms with Gasteiger partial charge in [0.1, 0.15) is 5.75 Å². The molecular weight excluding hydrogens is 306 g/mol. The zero-order valence-electron chi connectivity index (χ0n) is 13.3. The van der Waals surface area contributed by atoms with Gasteiger partial charge in [0.2, 0.25) is 0 Å². The van der Waals surface area contributed by atoms with Crippen LogP contribution in [0.4, 0.5) is 0 Å². The van der Waals surface area contributed by atoms with Gasteiger partial charge < -0.3 is 9.30 Å². The van der Waals surface area contributed by atoms with Gasteiger partial charge in [0.05, 0.1) is 6.61 Å². The van der Waals surface area contributed by atoms with Crippen LogP contribution in [0.5, 0.6) is 5.75 Å². The summed E-state index contributed by atoms with van der Waals surface area (Å²) in [6.07, 6.45) is 0. The molecule has 4 nitrogen and oxygen atoms in total. The van der Waals surface area contributed by atoms with E-state index in [0.717, 1.165) is 28.0 Å². The minimum absolute atomic E-state index is 0.640. The van der Waals surface area contributed by atoms with Crippen LogP contribution in [0.1, 0.15) is 5.56 Å². The second-order valence-corrected chi connectivity index (χ2v) is 6.30. The minimum Gasteiger partial charge on any atom is -0.493 e. The van der Waals surface area contributed by atoms with Crippen LogP contribution >= 0.6 is 11.8 Å². The van der Waals surface area contributed by atoms with Crippen LogP contribution in [0.2, 0.25) is 0 Å². The molecule has 0 saturated heterocycles. The Morgan fingerprint density at radius 3 is 2.48 bits per heavy atom. The SMILES string of the molecule is Cc1ccc(OCCSc2nnc(-c3ccccc3)n2C)cc1. The highest BCUT2D eigenvalue weighted by Crippen LogP contribution is 2.22. The molecule has 0 N–H and O–H groups in total. The van der Waals surface area contributed by atoms with Gasteiger partial charge in [-0.2, -0.15) is 0 Å². The molecule has 0 aliphatic heterocycles. The van der Waals surface area contributed by atoms with Crippen molar-refractivity contribution in [2.24, 2.45) is 7.05 Å². The molecule has 0 aliphatic carbocycles. The molecule has 0 unspecified atom stereocenters. The first-order valence-electron chi connectivity index (χ1n) is 7.51. The Morgan fingerprint density at radius 1 is 1.00 bits per heavy atom. The molecule has 118 valence electrons. The van der Waals surface area contributed by atoms with E-state index in [0.29, 0.717) is 6.61 Å². The highest BCUT2D eigenvalue weighted by Gasteiger charge is 2.10. The number of nitrogens with zero attached hydrogens (tertiary/aromatic N) is 3. The van der Waals surface area contributed by atoms with Crippen LogP contribution in [-0.4, -0.2) is 27.1 Å². The largest absolute Gasteiger partial charge is 0.493 e. The zero-order chi connectivity index (χ0) is 16.1. The van der Waals surface area contributed by atoms with Gasteiger partial charge in [0, 0.05) is 18.4 Å². The Kier molecular flexibility index (Phi) is 4.98. The van der Waals surface area contributed by atoms with Gasteiger partial charge in [-0.25, -0.2) is 0 Å². The van der Waals surface area contributed by atoms with E-state index < -0.39 is 0 Å². The third kappa shape index (κ3) is 3.93. The maximum absolute atomic E-state index is 5.74. The van der Waals surface area contributed by atoms with Crippen molar-refractivity contribution in [3.63, 3.8) is 0 Å². The average Bonchev–Trinajstić information content (AvgIpc) is 2.95. The predicted octanol–water partition coefficient (Wildman–Crippen LogP) is 3.96. The molecule has 0 saturated carbocycles. The standard InChI is InChI=1S/C18H19N3OS/c1-14-8-10-16(11-9-14)22-12-13-23-18-20-19-17(21(18)2)15-6-4-3-5-7-15/h3-11H,12-13H2,1-2H3. The summed E-state index contributed by atoms with van der Waals surface area (Å²) < 4.78 is 7.76. The van der Waals surface area contributed by atoms with E-state index in [1.807, 2.05) is 54.1 Å². The first-order valence-corrected chi connectivity index (χ1v) is 8.49. The molecule has 0 radical (unpaired) electrons. The quantitative estimate of drug-likeness (QED) is 0.508. The summed E-state index contributed by atoms with van der Waals surface area (Å²) >= 11 is 1.65. The summed E-state index contributed by atoms with van der Waals surface area (Å²) in [5, 5.41) is 9.45. The summed E-state index contributed by atoms with van der Waals surface area (Å²) in [5.74, 6) is 2.61. The number of hydrogen-bond acceptors (Lipinski definition) is 4. The van der Waals surface area contributed by atoms with Gasteiger partial charge in [0.25, 0.3) is 0 Å². The molecule has 3 aromatic rings. The Hall–Kier alpha value is -2.27. The lowest BCUT2D eigenvalue weighted by Gasteiger charge is -2.06. The Labute approximate surface area is 140 Å². The lowest BCUT2D eigenvalue weighted by molar-refractivity contribution is 0.344. The van der Waals surface area contributed by atoms with Crippen molar-refractivity contribution < 1.29 is 4.74 Å². The van der Waals surface area contributed by atoms with Crippen LogP contribution in [0.15, 0.2) is 59.8 Å². The maximum atomic E-state index is 5.74. The van der Waals surface area contributed by atoms with Gasteiger partial charge in [0.15, 0.2) is 11.0 Å². The fraction of sp³-hybridized carbons (Fsp3) is 0.222. The lowest BCUT2D eigenvalue weighted by atomic mass is 10.2. The van der Waals surface area contributed by atoms with Gasteiger partial charge in [-0.1, -0.05) is 59.8 Å². The van der Waals surface area contributed by atoms with Crippen molar-refractivity contribution in [2.45, 2.75) is 12.1 Å². The molecule has 0 atom stereocenters. The summed E-state index contributed by atoms with van der Waals surface area (Å²) in [6.45, 7) is 2.71. The Balaban J connectivity index is 1.55. The number of aromatic nitrogens is 3. The van der Waals surface area contributed by atoms with E-state index in [4.69, 9.17) is 4.74 Å². The van der Waals surface area contributed by atoms with Crippen LogP contribution in [0.3, 0.4) is 0 Å². The number of aryl methyl sites for hydroxylation is 1. The van der Waals surface area contributed by atoms with Crippen molar-refractivity contribution in [3.8, 4) is 17.1 Å². The molecule has 1 heterocycles. The zero-order valence-corrected chi connectivity index (χ0v) is 14.1. The van der Waals surface area contributed by atoms with E-state index in [-0.39, 0.29) is 0 Å². The minimum atomic E-state index is 0.640. The van der Waals surface area contributed by atoms with Crippen LogP contribution in [0, 0.1) is 6.92 Å². The third-order valence-corrected chi connectivity index (χ3v) is 4.46. The molecular formula is C18H19N3OS. The highest BCUT2D eigenvalue weighted by molar-refractivity contribution is 7.99. The van der Waals surface area contributed by atoms with E-state index in [9.17, 15) is 0 Å². The Morgan fingerprint density at radius 2 is 1.74 bits per heavy atom. The topological polar surface area (TPSA) is 39.9 Å². The van der Waals surface area contributed by atoms with Crippen molar-refractivity contribution >= 4 is 11.8 Å². The lowest BCUT2D eigenvalue weighted by Crippen LogP contribution is -2.02. The first kappa shape index (κ1) is 15.6. The molecule has 0 amide bonds. The highest BCUT2D eigenvalue weighted by atomic mass is 32.2. The molecule has 1 aromatic heterocycles. The predicted molar refractivity (Wildman–Crippen MR) is 93.8 cm³/mol. The molecule has 2 aromatic carbocycles. The molecule has 0 bridgehead atoms. The molecule has 0 spiro atoms. The average molecular weight is 325 g/mol. The summed E-state index contributed by atoms with van der Waals surface area (Å²) in [7, 11) is 1.99. The van der Waals surface area contributed by atoms with E-state index >= 15 is 0 Å². The van der Waals surface area contributed by atoms with Crippen LogP contribution in [0.25, 0.3) is 11.4 Å². The fourth-order valence-corrected chi connectivity index (χ4v) is 2.93. The van der Waals surface area contributed by atoms with Crippen LogP contribution in [-0.2, 0) is 7.05 Å². The number of benzene rings is 2. The molecule has 3 rings (SSSR count). The number of hydrogen-bond donors (Lipinski definition) is 0. The van der Waals surface area contributed by atoms with E-state index in [1.54, 1.807) is 11.8 Å². The second-order valence-electron chi connectivity index (χ2n) is 5.24. The van der Waals surface area contributed by atoms with Crippen molar-refractivity contribution in [2.75, 3.05) is 12.4 Å². The fourth-order valence-electron chi connectivity index (χ4n) is 2.21. The van der Waals surface area contributed by atoms with E-state index in [2.05, 4.69) is 29.3 Å². The summed E-state index contributed by atoms with van der Waals surface area (Å²) in [6, 6.07) is 18.2. The molecule has 5 heteroatoms. The molecule has 23 heavy (non-hydrogen) atoms. The van der Waals surface area contributed by atoms with Gasteiger partial charge >= 0.3 is 0 Å². The summed E-state index contributed by atoms with van der Waals surface area (Å²) in [4.78, 5) is 0. The Bertz CT molecular complexity index is 754. The van der Waals surface area contributed by atoms with Gasteiger partial charge in [-0.3, -0.25) is 0 Å². The normalized spacial score (nSPS) is 10.7. The molecule has 0 aliphatic rings. The van der Waals surface area contributed by atoms with E-state index in [1.165, 1.54) is 5.56 Å². The van der Waals surface area contributed by atoms with Crippen molar-refractivity contribution in [3.05, 3.63) is 60.2 Å². The van der Waals surface area contributed by atoms with Crippen molar-refractivity contribution in [1.82, 2.24) is 14.8 Å². The number of rotatable bonds is 6. The first-order chi connectivity index (χ1) is 11.2. The van der Waals surface area contributed by atoms with Crippen molar-refractivity contribution in [1.29, 1.82) is 0 Å². The second kappa shape index (κ2) is 7.33. The maximum Gasteiger partial charge on any atom is 0.191 e. The molecule has 0 fully saturated rings. The van der Waals surface area contributed by atoms with Gasteiger partial charge in [-0.05, 0) is 19.1 Å². The number of thioether (sulfide) groups is 1. The number of ether oxygens (including phenoxy) is 1. The monoisotopic (exact) mass is 325 g/mol. The van der Waals surface area contributed by atoms with Crippen LogP contribution < -0.4 is 4.74 Å². The summed E-state index contributed by atoms with van der Waals surface area (Å²) in [5.41, 5.74) is 2.31.